The average Bonchev–Trinajstić information content (AvgIpc) is 2.68. The van der Waals surface area contributed by atoms with Crippen molar-refractivity contribution in [1.29, 1.82) is 0 Å². The van der Waals surface area contributed by atoms with E-state index >= 15 is 0 Å². The van der Waals surface area contributed by atoms with E-state index in [2.05, 4.69) is 66.5 Å². The third-order valence-corrected chi connectivity index (χ3v) is 5.48. The predicted octanol–water partition coefficient (Wildman–Crippen LogP) is 5.32. The Labute approximate surface area is 150 Å². The van der Waals surface area contributed by atoms with Crippen LogP contribution in [0.25, 0.3) is 21.9 Å². The van der Waals surface area contributed by atoms with Crippen molar-refractivity contribution in [2.24, 2.45) is 0 Å². The van der Waals surface area contributed by atoms with Crippen molar-refractivity contribution in [2.45, 2.75) is 18.8 Å². The van der Waals surface area contributed by atoms with Gasteiger partial charge in [-0.3, -0.25) is 0 Å². The predicted molar refractivity (Wildman–Crippen MR) is 105 cm³/mol. The molecule has 1 saturated heterocycles. The molecule has 1 aliphatic rings. The van der Waals surface area contributed by atoms with Crippen molar-refractivity contribution >= 4 is 10.8 Å². The summed E-state index contributed by atoms with van der Waals surface area (Å²) in [7, 11) is 3.94. The number of benzene rings is 3. The first kappa shape index (κ1) is 16.2. The second kappa shape index (κ2) is 6.89. The molecule has 0 aliphatic carbocycles. The van der Waals surface area contributed by atoms with E-state index in [0.29, 0.717) is 5.92 Å². The van der Waals surface area contributed by atoms with Crippen LogP contribution in [0, 0.1) is 0 Å². The number of nitrogens with zero attached hydrogens (tertiary/aromatic N) is 1. The number of piperidine rings is 1. The zero-order valence-corrected chi connectivity index (χ0v) is 15.0. The van der Waals surface area contributed by atoms with E-state index in [1.165, 1.54) is 53.4 Å². The lowest BCUT2D eigenvalue weighted by Crippen LogP contribution is -2.29. The number of hydrogen-bond donors (Lipinski definition) is 0. The van der Waals surface area contributed by atoms with Crippen molar-refractivity contribution in [3.05, 3.63) is 66.2 Å². The summed E-state index contributed by atoms with van der Waals surface area (Å²) in [6, 6.07) is 21.9. The van der Waals surface area contributed by atoms with E-state index < -0.39 is 0 Å². The van der Waals surface area contributed by atoms with Gasteiger partial charge in [-0.2, -0.15) is 0 Å². The van der Waals surface area contributed by atoms with Gasteiger partial charge in [0.1, 0.15) is 5.75 Å². The van der Waals surface area contributed by atoms with E-state index in [1.807, 2.05) is 6.07 Å². The molecular weight excluding hydrogens is 306 g/mol. The third-order valence-electron chi connectivity index (χ3n) is 5.48. The van der Waals surface area contributed by atoms with Gasteiger partial charge in [-0.25, -0.2) is 0 Å². The molecule has 1 fully saturated rings. The van der Waals surface area contributed by atoms with Crippen LogP contribution in [0.2, 0.25) is 0 Å². The Bertz CT molecular complexity index is 878. The summed E-state index contributed by atoms with van der Waals surface area (Å²) in [6.45, 7) is 2.38. The van der Waals surface area contributed by atoms with E-state index in [0.717, 1.165) is 5.75 Å². The molecule has 1 heterocycles. The molecule has 0 bridgehead atoms. The molecule has 3 aromatic rings. The molecule has 2 heteroatoms. The minimum atomic E-state index is 0.667. The Morgan fingerprint density at radius 3 is 2.44 bits per heavy atom. The Morgan fingerprint density at radius 1 is 0.880 bits per heavy atom. The van der Waals surface area contributed by atoms with Gasteiger partial charge >= 0.3 is 0 Å². The molecule has 0 spiro atoms. The highest BCUT2D eigenvalue weighted by Gasteiger charge is 2.20. The largest absolute Gasteiger partial charge is 0.497 e. The van der Waals surface area contributed by atoms with Crippen LogP contribution in [0.3, 0.4) is 0 Å². The average molecular weight is 331 g/mol. The molecule has 2 nitrogen and oxygen atoms in total. The second-order valence-corrected chi connectivity index (χ2v) is 7.09. The highest BCUT2D eigenvalue weighted by Crippen LogP contribution is 2.35. The van der Waals surface area contributed by atoms with Crippen LogP contribution in [0.1, 0.15) is 24.3 Å². The Morgan fingerprint density at radius 2 is 1.64 bits per heavy atom. The minimum Gasteiger partial charge on any atom is -0.497 e. The summed E-state index contributed by atoms with van der Waals surface area (Å²) >= 11 is 0. The zero-order chi connectivity index (χ0) is 17.2. The lowest BCUT2D eigenvalue weighted by molar-refractivity contribution is 0.256. The van der Waals surface area contributed by atoms with Crippen LogP contribution in [0.4, 0.5) is 0 Å². The molecule has 3 aromatic carbocycles. The first-order chi connectivity index (χ1) is 12.2. The monoisotopic (exact) mass is 331 g/mol. The Hall–Kier alpha value is -2.32. The first-order valence-electron chi connectivity index (χ1n) is 9.10. The van der Waals surface area contributed by atoms with Crippen LogP contribution in [0.5, 0.6) is 5.75 Å². The van der Waals surface area contributed by atoms with Crippen LogP contribution in [0.15, 0.2) is 60.7 Å². The summed E-state index contributed by atoms with van der Waals surface area (Å²) in [5, 5.41) is 2.74. The molecule has 0 radical (unpaired) electrons. The van der Waals surface area contributed by atoms with E-state index in [9.17, 15) is 0 Å². The van der Waals surface area contributed by atoms with Crippen molar-refractivity contribution in [3.63, 3.8) is 0 Å². The molecule has 0 aromatic heterocycles. The van der Waals surface area contributed by atoms with E-state index in [4.69, 9.17) is 4.74 Å². The molecule has 0 unspecified atom stereocenters. The first-order valence-corrected chi connectivity index (χ1v) is 9.10. The molecule has 0 amide bonds. The SMILES string of the molecule is COc1cccc(-c2ccc3cccc(C4CCN(C)CC4)c3c2)c1. The van der Waals surface area contributed by atoms with Gasteiger partial charge in [-0.1, -0.05) is 42.5 Å². The highest BCUT2D eigenvalue weighted by molar-refractivity contribution is 5.90. The second-order valence-electron chi connectivity index (χ2n) is 7.09. The van der Waals surface area contributed by atoms with Crippen LogP contribution < -0.4 is 4.74 Å². The van der Waals surface area contributed by atoms with Crippen LogP contribution in [-0.2, 0) is 0 Å². The molecular formula is C23H25NO. The van der Waals surface area contributed by atoms with Crippen molar-refractivity contribution < 1.29 is 4.74 Å². The number of rotatable bonds is 3. The summed E-state index contributed by atoms with van der Waals surface area (Å²) < 4.78 is 5.39. The maximum atomic E-state index is 5.39. The fourth-order valence-corrected chi connectivity index (χ4v) is 3.95. The molecule has 25 heavy (non-hydrogen) atoms. The van der Waals surface area contributed by atoms with Gasteiger partial charge in [0.15, 0.2) is 0 Å². The lowest BCUT2D eigenvalue weighted by Gasteiger charge is -2.30. The van der Waals surface area contributed by atoms with Crippen molar-refractivity contribution in [1.82, 2.24) is 4.90 Å². The topological polar surface area (TPSA) is 12.5 Å². The highest BCUT2D eigenvalue weighted by atomic mass is 16.5. The fraction of sp³-hybridized carbons (Fsp3) is 0.304. The van der Waals surface area contributed by atoms with E-state index in [1.54, 1.807) is 7.11 Å². The lowest BCUT2D eigenvalue weighted by atomic mass is 9.85. The third kappa shape index (κ3) is 3.27. The molecule has 0 atom stereocenters. The number of ether oxygens (including phenoxy) is 1. The number of hydrogen-bond acceptors (Lipinski definition) is 2. The quantitative estimate of drug-likeness (QED) is 0.643. The smallest absolute Gasteiger partial charge is 0.119 e. The number of methoxy groups -OCH3 is 1. The van der Waals surface area contributed by atoms with Gasteiger partial charge in [-0.05, 0) is 84.6 Å². The Balaban J connectivity index is 1.77. The van der Waals surface area contributed by atoms with Crippen LogP contribution >= 0.6 is 0 Å². The maximum absolute atomic E-state index is 5.39. The molecule has 1 aliphatic heterocycles. The Kier molecular flexibility index (Phi) is 4.46. The molecule has 4 rings (SSSR count). The summed E-state index contributed by atoms with van der Waals surface area (Å²) in [4.78, 5) is 2.43. The standard InChI is InChI=1S/C23H25NO/c1-24-13-11-18(12-14-24)22-8-4-5-17-9-10-20(16-23(17)22)19-6-3-7-21(15-19)25-2/h3-10,15-16,18H,11-14H2,1-2H3. The molecule has 0 saturated carbocycles. The normalized spacial score (nSPS) is 16.2. The van der Waals surface area contributed by atoms with Crippen LogP contribution in [-0.4, -0.2) is 32.1 Å². The number of fused-ring (bicyclic) bond motifs is 1. The van der Waals surface area contributed by atoms with Gasteiger partial charge in [0.25, 0.3) is 0 Å². The fourth-order valence-electron chi connectivity index (χ4n) is 3.95. The molecule has 0 N–H and O–H groups in total. The van der Waals surface area contributed by atoms with E-state index in [-0.39, 0.29) is 0 Å². The van der Waals surface area contributed by atoms with Crippen molar-refractivity contribution in [3.8, 4) is 16.9 Å². The zero-order valence-electron chi connectivity index (χ0n) is 15.0. The van der Waals surface area contributed by atoms with Gasteiger partial charge < -0.3 is 9.64 Å². The minimum absolute atomic E-state index is 0.667. The van der Waals surface area contributed by atoms with Gasteiger partial charge in [0.2, 0.25) is 0 Å². The van der Waals surface area contributed by atoms with Crippen molar-refractivity contribution in [2.75, 3.05) is 27.2 Å². The summed E-state index contributed by atoms with van der Waals surface area (Å²) in [5.41, 5.74) is 3.97. The number of likely N-dealkylation sites (tertiary alicyclic amines) is 1. The van der Waals surface area contributed by atoms with Gasteiger partial charge in [0.05, 0.1) is 7.11 Å². The van der Waals surface area contributed by atoms with Gasteiger partial charge in [-0.15, -0.1) is 0 Å². The maximum Gasteiger partial charge on any atom is 0.119 e. The summed E-state index contributed by atoms with van der Waals surface area (Å²) in [6.07, 6.45) is 2.50. The molecule has 128 valence electrons. The van der Waals surface area contributed by atoms with Gasteiger partial charge in [0, 0.05) is 0 Å². The summed E-state index contributed by atoms with van der Waals surface area (Å²) in [5.74, 6) is 1.57.